The van der Waals surface area contributed by atoms with Gasteiger partial charge in [-0.1, -0.05) is 18.2 Å². The van der Waals surface area contributed by atoms with Gasteiger partial charge in [-0.2, -0.15) is 13.2 Å². The maximum absolute atomic E-state index is 12.8. The third kappa shape index (κ3) is 4.73. The van der Waals surface area contributed by atoms with E-state index in [9.17, 15) is 18.0 Å². The highest BCUT2D eigenvalue weighted by atomic mass is 19.4. The second-order valence-electron chi connectivity index (χ2n) is 6.69. The molecule has 2 aliphatic heterocycles. The predicted octanol–water partition coefficient (Wildman–Crippen LogP) is 2.66. The highest BCUT2D eigenvalue weighted by Gasteiger charge is 2.36. The Kier molecular flexibility index (Phi) is 5.64. The second kappa shape index (κ2) is 7.74. The summed E-state index contributed by atoms with van der Waals surface area (Å²) in [4.78, 5) is 11.7. The van der Waals surface area contributed by atoms with Crippen LogP contribution >= 0.6 is 0 Å². The van der Waals surface area contributed by atoms with Crippen molar-refractivity contribution in [1.82, 2.24) is 10.6 Å². The summed E-state index contributed by atoms with van der Waals surface area (Å²) in [6.45, 7) is 1.28. The number of carbonyl (C=O) groups is 1. The van der Waals surface area contributed by atoms with Crippen molar-refractivity contribution >= 4 is 5.91 Å². The van der Waals surface area contributed by atoms with E-state index in [0.717, 1.165) is 25.3 Å². The van der Waals surface area contributed by atoms with E-state index in [-0.39, 0.29) is 24.1 Å². The number of ether oxygens (including phenoxy) is 1. The molecule has 0 aliphatic carbocycles. The molecule has 25 heavy (non-hydrogen) atoms. The summed E-state index contributed by atoms with van der Waals surface area (Å²) in [5.74, 6) is 0.0384. The molecule has 2 saturated heterocycles. The lowest BCUT2D eigenvalue weighted by atomic mass is 9.92. The molecule has 4 nitrogen and oxygen atoms in total. The Morgan fingerprint density at radius 3 is 2.84 bits per heavy atom. The molecule has 1 amide bonds. The molecule has 2 heterocycles. The summed E-state index contributed by atoms with van der Waals surface area (Å²) >= 11 is 0. The highest BCUT2D eigenvalue weighted by Crippen LogP contribution is 2.29. The number of rotatable bonds is 5. The highest BCUT2D eigenvalue weighted by molar-refractivity contribution is 5.77. The number of piperidine rings is 1. The first kappa shape index (κ1) is 18.2. The van der Waals surface area contributed by atoms with Crippen molar-refractivity contribution in [2.45, 2.75) is 56.5 Å². The van der Waals surface area contributed by atoms with Gasteiger partial charge in [-0.05, 0) is 43.9 Å². The molecule has 138 valence electrons. The van der Waals surface area contributed by atoms with E-state index in [4.69, 9.17) is 4.74 Å². The van der Waals surface area contributed by atoms with Gasteiger partial charge in [-0.3, -0.25) is 4.79 Å². The molecular formula is C18H23F3N2O2. The van der Waals surface area contributed by atoms with Crippen LogP contribution in [0.1, 0.15) is 36.8 Å². The Morgan fingerprint density at radius 2 is 2.12 bits per heavy atom. The first-order chi connectivity index (χ1) is 11.9. The molecule has 0 radical (unpaired) electrons. The van der Waals surface area contributed by atoms with Crippen LogP contribution in [0.4, 0.5) is 13.2 Å². The first-order valence-corrected chi connectivity index (χ1v) is 8.74. The Bertz CT molecular complexity index is 600. The molecule has 3 atom stereocenters. The summed E-state index contributed by atoms with van der Waals surface area (Å²) in [5.41, 5.74) is 0.0306. The molecule has 2 N–H and O–H groups in total. The van der Waals surface area contributed by atoms with Crippen molar-refractivity contribution in [3.63, 3.8) is 0 Å². The first-order valence-electron chi connectivity index (χ1n) is 8.74. The average molecular weight is 356 g/mol. The Morgan fingerprint density at radius 1 is 1.28 bits per heavy atom. The largest absolute Gasteiger partial charge is 0.416 e. The molecule has 2 fully saturated rings. The number of halogens is 3. The van der Waals surface area contributed by atoms with Crippen molar-refractivity contribution in [3.05, 3.63) is 35.4 Å². The van der Waals surface area contributed by atoms with Crippen LogP contribution in [0.3, 0.4) is 0 Å². The van der Waals surface area contributed by atoms with Crippen LogP contribution in [0.5, 0.6) is 0 Å². The van der Waals surface area contributed by atoms with E-state index in [1.807, 2.05) is 0 Å². The number of benzene rings is 1. The van der Waals surface area contributed by atoms with Gasteiger partial charge < -0.3 is 15.4 Å². The Balaban J connectivity index is 1.56. The number of hydrogen-bond acceptors (Lipinski definition) is 3. The normalized spacial score (nSPS) is 27.3. The van der Waals surface area contributed by atoms with Crippen molar-refractivity contribution in [1.29, 1.82) is 0 Å². The minimum absolute atomic E-state index is 0.0234. The van der Waals surface area contributed by atoms with Crippen molar-refractivity contribution in [2.24, 2.45) is 0 Å². The SMILES string of the molecule is O=C1CCC(NCCc2cccc(C(F)(F)F)c2)C(C2CCCO2)N1. The molecule has 1 aromatic rings. The van der Waals surface area contributed by atoms with E-state index in [1.54, 1.807) is 6.07 Å². The molecule has 0 bridgehead atoms. The number of alkyl halides is 3. The number of hydrogen-bond donors (Lipinski definition) is 2. The van der Waals surface area contributed by atoms with Crippen molar-refractivity contribution in [3.8, 4) is 0 Å². The number of amides is 1. The average Bonchev–Trinajstić information content (AvgIpc) is 3.10. The molecule has 0 spiro atoms. The summed E-state index contributed by atoms with van der Waals surface area (Å²) in [6, 6.07) is 5.45. The maximum atomic E-state index is 12.8. The zero-order valence-electron chi connectivity index (χ0n) is 13.9. The monoisotopic (exact) mass is 356 g/mol. The van der Waals surface area contributed by atoms with Crippen molar-refractivity contribution < 1.29 is 22.7 Å². The molecule has 1 aromatic carbocycles. The van der Waals surface area contributed by atoms with E-state index < -0.39 is 11.7 Å². The molecule has 2 aliphatic rings. The third-order valence-electron chi connectivity index (χ3n) is 4.88. The van der Waals surface area contributed by atoms with E-state index >= 15 is 0 Å². The van der Waals surface area contributed by atoms with Crippen LogP contribution in [0.25, 0.3) is 0 Å². The maximum Gasteiger partial charge on any atom is 0.416 e. The molecule has 7 heteroatoms. The van der Waals surface area contributed by atoms with Crippen LogP contribution in [0.15, 0.2) is 24.3 Å². The smallest absolute Gasteiger partial charge is 0.376 e. The van der Waals surface area contributed by atoms with Crippen LogP contribution in [0, 0.1) is 0 Å². The van der Waals surface area contributed by atoms with Gasteiger partial charge >= 0.3 is 6.18 Å². The van der Waals surface area contributed by atoms with Gasteiger partial charge in [-0.15, -0.1) is 0 Å². The summed E-state index contributed by atoms with van der Waals surface area (Å²) in [7, 11) is 0. The summed E-state index contributed by atoms with van der Waals surface area (Å²) in [5, 5.41) is 6.41. The lowest BCUT2D eigenvalue weighted by Crippen LogP contribution is -2.59. The van der Waals surface area contributed by atoms with Gasteiger partial charge in [0.25, 0.3) is 0 Å². The molecule has 3 rings (SSSR count). The van der Waals surface area contributed by atoms with Crippen LogP contribution in [0.2, 0.25) is 0 Å². The van der Waals surface area contributed by atoms with Gasteiger partial charge in [0.2, 0.25) is 5.91 Å². The lowest BCUT2D eigenvalue weighted by molar-refractivity contribution is -0.137. The quantitative estimate of drug-likeness (QED) is 0.853. The van der Waals surface area contributed by atoms with E-state index in [2.05, 4.69) is 10.6 Å². The minimum Gasteiger partial charge on any atom is -0.376 e. The van der Waals surface area contributed by atoms with E-state index in [1.165, 1.54) is 12.1 Å². The Hall–Kier alpha value is -1.60. The van der Waals surface area contributed by atoms with Crippen LogP contribution in [-0.2, 0) is 22.1 Å². The van der Waals surface area contributed by atoms with E-state index in [0.29, 0.717) is 31.6 Å². The van der Waals surface area contributed by atoms with Crippen LogP contribution in [-0.4, -0.2) is 37.2 Å². The van der Waals surface area contributed by atoms with Gasteiger partial charge in [0.1, 0.15) is 0 Å². The molecular weight excluding hydrogens is 333 g/mol. The number of nitrogens with one attached hydrogen (secondary N) is 2. The zero-order valence-corrected chi connectivity index (χ0v) is 13.9. The summed E-state index contributed by atoms with van der Waals surface area (Å²) in [6.07, 6.45) is -0.682. The standard InChI is InChI=1S/C18H23F3N2O2/c19-18(20,21)13-4-1-3-12(11-13)8-9-22-14-6-7-16(24)23-17(14)15-5-2-10-25-15/h1,3-4,11,14-15,17,22H,2,5-10H2,(H,23,24). The van der Waals surface area contributed by atoms with Crippen molar-refractivity contribution in [2.75, 3.05) is 13.2 Å². The fourth-order valence-electron chi connectivity index (χ4n) is 3.60. The zero-order chi connectivity index (χ0) is 17.9. The second-order valence-corrected chi connectivity index (χ2v) is 6.69. The Labute approximate surface area is 145 Å². The molecule has 3 unspecified atom stereocenters. The molecule has 0 aromatic heterocycles. The third-order valence-corrected chi connectivity index (χ3v) is 4.88. The number of carbonyl (C=O) groups excluding carboxylic acids is 1. The van der Waals surface area contributed by atoms with Crippen LogP contribution < -0.4 is 10.6 Å². The van der Waals surface area contributed by atoms with Gasteiger partial charge in [0, 0.05) is 19.1 Å². The topological polar surface area (TPSA) is 50.4 Å². The van der Waals surface area contributed by atoms with Gasteiger partial charge in [-0.25, -0.2) is 0 Å². The van der Waals surface area contributed by atoms with Gasteiger partial charge in [0.15, 0.2) is 0 Å². The van der Waals surface area contributed by atoms with Gasteiger partial charge in [0.05, 0.1) is 17.7 Å². The lowest BCUT2D eigenvalue weighted by Gasteiger charge is -2.36. The predicted molar refractivity (Wildman–Crippen MR) is 87.1 cm³/mol. The molecule has 0 saturated carbocycles. The fraction of sp³-hybridized carbons (Fsp3) is 0.611. The fourth-order valence-corrected chi connectivity index (χ4v) is 3.60. The minimum atomic E-state index is -4.32. The summed E-state index contributed by atoms with van der Waals surface area (Å²) < 4.78 is 44.0.